The van der Waals surface area contributed by atoms with E-state index in [1.165, 1.54) is 6.92 Å². The summed E-state index contributed by atoms with van der Waals surface area (Å²) in [7, 11) is 0. The molecule has 0 saturated heterocycles. The highest BCUT2D eigenvalue weighted by atomic mass is 32.1. The number of para-hydroxylation sites is 1. The number of thiophene rings is 1. The van der Waals surface area contributed by atoms with Crippen LogP contribution in [0.15, 0.2) is 78.9 Å². The second-order valence-corrected chi connectivity index (χ2v) is 9.10. The number of hydrogen-bond donors (Lipinski definition) is 3. The number of rotatable bonds is 5. The zero-order valence-electron chi connectivity index (χ0n) is 18.7. The monoisotopic (exact) mass is 466 g/mol. The van der Waals surface area contributed by atoms with Crippen LogP contribution in [0.2, 0.25) is 0 Å². The van der Waals surface area contributed by atoms with Gasteiger partial charge in [0.15, 0.2) is 0 Å². The molecular formula is C27H22N4O2S. The molecular weight excluding hydrogens is 444 g/mol. The first-order chi connectivity index (χ1) is 16.5. The molecule has 0 aliphatic rings. The van der Waals surface area contributed by atoms with Crippen LogP contribution in [0.5, 0.6) is 0 Å². The van der Waals surface area contributed by atoms with Gasteiger partial charge in [0.2, 0.25) is 5.91 Å². The van der Waals surface area contributed by atoms with Gasteiger partial charge in [-0.15, -0.1) is 11.3 Å². The molecule has 5 aromatic rings. The second kappa shape index (κ2) is 8.96. The van der Waals surface area contributed by atoms with E-state index in [4.69, 9.17) is 4.98 Å². The number of carbonyl (C=O) groups is 2. The second-order valence-electron chi connectivity index (χ2n) is 8.01. The van der Waals surface area contributed by atoms with Crippen LogP contribution in [0.3, 0.4) is 0 Å². The number of imidazole rings is 1. The summed E-state index contributed by atoms with van der Waals surface area (Å²) in [6, 6.07) is 24.9. The number of fused-ring (bicyclic) bond motifs is 1. The minimum Gasteiger partial charge on any atom is -0.337 e. The number of nitrogens with zero attached hydrogens (tertiary/aromatic N) is 1. The largest absolute Gasteiger partial charge is 0.337 e. The molecule has 0 unspecified atom stereocenters. The van der Waals surface area contributed by atoms with E-state index in [2.05, 4.69) is 40.7 Å². The van der Waals surface area contributed by atoms with Crippen molar-refractivity contribution in [1.29, 1.82) is 0 Å². The number of aryl methyl sites for hydroxylation is 1. The molecule has 2 heterocycles. The van der Waals surface area contributed by atoms with Gasteiger partial charge >= 0.3 is 0 Å². The summed E-state index contributed by atoms with van der Waals surface area (Å²) < 4.78 is 0. The number of amides is 2. The Hall–Kier alpha value is -4.23. The van der Waals surface area contributed by atoms with Gasteiger partial charge in [0.05, 0.1) is 15.9 Å². The molecule has 0 radical (unpaired) electrons. The van der Waals surface area contributed by atoms with Crippen molar-refractivity contribution >= 4 is 45.6 Å². The van der Waals surface area contributed by atoms with Crippen LogP contribution in [-0.4, -0.2) is 21.8 Å². The maximum Gasteiger partial charge on any atom is 0.255 e. The first-order valence-electron chi connectivity index (χ1n) is 10.8. The molecule has 5 rings (SSSR count). The average molecular weight is 467 g/mol. The van der Waals surface area contributed by atoms with Gasteiger partial charge in [-0.25, -0.2) is 4.98 Å². The van der Waals surface area contributed by atoms with Crippen molar-refractivity contribution in [1.82, 2.24) is 9.97 Å². The Labute approximate surface area is 200 Å². The minimum absolute atomic E-state index is 0.180. The standard InChI is InChI=1S/C27H22N4O2S/c1-16-5-3-8-22-25(16)31-26(30-22)24-14-13-23(34-24)18-9-11-20(12-10-18)29-27(33)19-6-4-7-21(15-19)28-17(2)32/h3-15H,1-2H3,(H,28,32)(H,29,33)(H,30,31). The zero-order valence-corrected chi connectivity index (χ0v) is 19.5. The Morgan fingerprint density at radius 3 is 2.38 bits per heavy atom. The highest BCUT2D eigenvalue weighted by Crippen LogP contribution is 2.34. The van der Waals surface area contributed by atoms with Gasteiger partial charge < -0.3 is 15.6 Å². The lowest BCUT2D eigenvalue weighted by atomic mass is 10.1. The van der Waals surface area contributed by atoms with E-state index in [9.17, 15) is 9.59 Å². The Morgan fingerprint density at radius 2 is 1.62 bits per heavy atom. The summed E-state index contributed by atoms with van der Waals surface area (Å²) in [5.41, 5.74) is 6.00. The summed E-state index contributed by atoms with van der Waals surface area (Å²) in [5.74, 6) is 0.449. The van der Waals surface area contributed by atoms with Crippen LogP contribution in [0.4, 0.5) is 11.4 Å². The van der Waals surface area contributed by atoms with Crippen molar-refractivity contribution in [3.05, 3.63) is 90.0 Å². The number of nitrogens with one attached hydrogen (secondary N) is 3. The fourth-order valence-corrected chi connectivity index (χ4v) is 4.73. The molecule has 3 aromatic carbocycles. The van der Waals surface area contributed by atoms with E-state index in [0.29, 0.717) is 16.9 Å². The van der Waals surface area contributed by atoms with Crippen LogP contribution in [0.25, 0.3) is 32.2 Å². The molecule has 0 saturated carbocycles. The third-order valence-electron chi connectivity index (χ3n) is 5.43. The van der Waals surface area contributed by atoms with E-state index in [1.54, 1.807) is 35.6 Å². The van der Waals surface area contributed by atoms with Gasteiger partial charge in [-0.2, -0.15) is 0 Å². The molecule has 0 fully saturated rings. The van der Waals surface area contributed by atoms with Gasteiger partial charge in [-0.3, -0.25) is 9.59 Å². The number of aromatic nitrogens is 2. The van der Waals surface area contributed by atoms with E-state index in [0.717, 1.165) is 37.7 Å². The quantitative estimate of drug-likeness (QED) is 0.277. The van der Waals surface area contributed by atoms with Crippen molar-refractivity contribution < 1.29 is 9.59 Å². The Kier molecular flexibility index (Phi) is 5.69. The van der Waals surface area contributed by atoms with Crippen molar-refractivity contribution in [3.8, 4) is 21.1 Å². The van der Waals surface area contributed by atoms with Gasteiger partial charge in [-0.1, -0.05) is 30.3 Å². The highest BCUT2D eigenvalue weighted by Gasteiger charge is 2.11. The Bertz CT molecular complexity index is 1520. The third kappa shape index (κ3) is 4.46. The van der Waals surface area contributed by atoms with Crippen molar-refractivity contribution in [2.45, 2.75) is 13.8 Å². The topological polar surface area (TPSA) is 86.9 Å². The Balaban J connectivity index is 1.31. The number of benzene rings is 3. The Morgan fingerprint density at radius 1 is 0.853 bits per heavy atom. The molecule has 2 amide bonds. The fourth-order valence-electron chi connectivity index (χ4n) is 3.78. The van der Waals surface area contributed by atoms with E-state index < -0.39 is 0 Å². The van der Waals surface area contributed by atoms with Gasteiger partial charge in [-0.05, 0) is 66.6 Å². The predicted octanol–water partition coefficient (Wildman–Crippen LogP) is 6.48. The lowest BCUT2D eigenvalue weighted by Crippen LogP contribution is -2.13. The molecule has 2 aromatic heterocycles. The number of carbonyl (C=O) groups excluding carboxylic acids is 2. The van der Waals surface area contributed by atoms with Crippen molar-refractivity contribution in [2.75, 3.05) is 10.6 Å². The zero-order chi connectivity index (χ0) is 23.7. The average Bonchev–Trinajstić information content (AvgIpc) is 3.47. The van der Waals surface area contributed by atoms with Crippen LogP contribution in [-0.2, 0) is 4.79 Å². The lowest BCUT2D eigenvalue weighted by Gasteiger charge is -2.08. The molecule has 0 atom stereocenters. The molecule has 0 aliphatic carbocycles. The maximum atomic E-state index is 12.6. The van der Waals surface area contributed by atoms with Crippen LogP contribution < -0.4 is 10.6 Å². The predicted molar refractivity (Wildman–Crippen MR) is 138 cm³/mol. The first-order valence-corrected chi connectivity index (χ1v) is 11.6. The van der Waals surface area contributed by atoms with Gasteiger partial charge in [0.25, 0.3) is 5.91 Å². The number of anilines is 2. The van der Waals surface area contributed by atoms with E-state index in [1.807, 2.05) is 36.4 Å². The number of aromatic amines is 1. The maximum absolute atomic E-state index is 12.6. The van der Waals surface area contributed by atoms with Crippen LogP contribution in [0.1, 0.15) is 22.8 Å². The molecule has 168 valence electrons. The van der Waals surface area contributed by atoms with Crippen molar-refractivity contribution in [3.63, 3.8) is 0 Å². The summed E-state index contributed by atoms with van der Waals surface area (Å²) >= 11 is 1.67. The summed E-state index contributed by atoms with van der Waals surface area (Å²) in [4.78, 5) is 34.3. The van der Waals surface area contributed by atoms with Gasteiger partial charge in [0, 0.05) is 28.7 Å². The SMILES string of the molecule is CC(=O)Nc1cccc(C(=O)Nc2ccc(-c3ccc(-c4nc5c(C)cccc5[nH]4)s3)cc2)c1. The molecule has 0 aliphatic heterocycles. The highest BCUT2D eigenvalue weighted by molar-refractivity contribution is 7.18. The van der Waals surface area contributed by atoms with Crippen LogP contribution >= 0.6 is 11.3 Å². The molecule has 0 bridgehead atoms. The third-order valence-corrected chi connectivity index (χ3v) is 6.57. The summed E-state index contributed by atoms with van der Waals surface area (Å²) in [6.45, 7) is 3.50. The number of hydrogen-bond acceptors (Lipinski definition) is 4. The lowest BCUT2D eigenvalue weighted by molar-refractivity contribution is -0.114. The summed E-state index contributed by atoms with van der Waals surface area (Å²) in [5, 5.41) is 5.59. The van der Waals surface area contributed by atoms with Crippen LogP contribution in [0, 0.1) is 6.92 Å². The van der Waals surface area contributed by atoms with Gasteiger partial charge in [0.1, 0.15) is 5.82 Å². The fraction of sp³-hybridized carbons (Fsp3) is 0.0741. The molecule has 0 spiro atoms. The smallest absolute Gasteiger partial charge is 0.255 e. The van der Waals surface area contributed by atoms with Crippen molar-refractivity contribution in [2.24, 2.45) is 0 Å². The molecule has 6 nitrogen and oxygen atoms in total. The molecule has 7 heteroatoms. The van der Waals surface area contributed by atoms with E-state index >= 15 is 0 Å². The summed E-state index contributed by atoms with van der Waals surface area (Å²) in [6.07, 6.45) is 0. The molecule has 34 heavy (non-hydrogen) atoms. The first kappa shape index (κ1) is 21.6. The normalized spacial score (nSPS) is 10.9. The minimum atomic E-state index is -0.237. The molecule has 3 N–H and O–H groups in total. The number of H-pyrrole nitrogens is 1. The van der Waals surface area contributed by atoms with E-state index in [-0.39, 0.29) is 11.8 Å².